The molecule has 0 radical (unpaired) electrons. The second kappa shape index (κ2) is 5.58. The molecule has 0 aliphatic carbocycles. The number of rotatable bonds is 5. The van der Waals surface area contributed by atoms with Gasteiger partial charge in [0.2, 0.25) is 0 Å². The Morgan fingerprint density at radius 2 is 2.07 bits per heavy atom. The number of aliphatic hydroxyl groups is 3. The van der Waals surface area contributed by atoms with Gasteiger partial charge in [-0.1, -0.05) is 5.57 Å². The van der Waals surface area contributed by atoms with Gasteiger partial charge in [-0.3, -0.25) is 0 Å². The molecular formula is C10H18O5. The van der Waals surface area contributed by atoms with E-state index in [9.17, 15) is 10.2 Å². The molecule has 1 rings (SSSR count). The van der Waals surface area contributed by atoms with Crippen LogP contribution in [0.15, 0.2) is 12.2 Å². The molecule has 0 bridgehead atoms. The summed E-state index contributed by atoms with van der Waals surface area (Å²) in [6.07, 6.45) is -3.16. The van der Waals surface area contributed by atoms with E-state index in [1.807, 2.05) is 6.92 Å². The molecule has 1 aliphatic rings. The third-order valence-electron chi connectivity index (χ3n) is 2.31. The molecule has 3 N–H and O–H groups in total. The van der Waals surface area contributed by atoms with Gasteiger partial charge < -0.3 is 24.8 Å². The van der Waals surface area contributed by atoms with Gasteiger partial charge in [-0.25, -0.2) is 0 Å². The van der Waals surface area contributed by atoms with Crippen molar-refractivity contribution in [2.24, 2.45) is 0 Å². The first-order chi connectivity index (χ1) is 7.06. The molecule has 0 spiro atoms. The van der Waals surface area contributed by atoms with Crippen molar-refractivity contribution in [1.82, 2.24) is 0 Å². The number of ether oxygens (including phenoxy) is 2. The molecule has 1 heterocycles. The summed E-state index contributed by atoms with van der Waals surface area (Å²) in [5.74, 6) is 0. The van der Waals surface area contributed by atoms with Crippen molar-refractivity contribution in [2.45, 2.75) is 37.9 Å². The Morgan fingerprint density at radius 3 is 2.53 bits per heavy atom. The van der Waals surface area contributed by atoms with Crippen LogP contribution in [0.3, 0.4) is 0 Å². The van der Waals surface area contributed by atoms with E-state index in [-0.39, 0.29) is 6.61 Å². The van der Waals surface area contributed by atoms with Crippen LogP contribution in [-0.4, -0.2) is 53.1 Å². The average Bonchev–Trinajstić information content (AvgIpc) is 2.45. The molecule has 88 valence electrons. The van der Waals surface area contributed by atoms with E-state index in [1.165, 1.54) is 0 Å². The Bertz CT molecular complexity index is 218. The van der Waals surface area contributed by atoms with Gasteiger partial charge in [-0.2, -0.15) is 0 Å². The summed E-state index contributed by atoms with van der Waals surface area (Å²) in [4.78, 5) is 0. The van der Waals surface area contributed by atoms with Crippen molar-refractivity contribution >= 4 is 0 Å². The lowest BCUT2D eigenvalue weighted by Crippen LogP contribution is -2.34. The third-order valence-corrected chi connectivity index (χ3v) is 2.31. The fourth-order valence-electron chi connectivity index (χ4n) is 1.35. The summed E-state index contributed by atoms with van der Waals surface area (Å²) in [6.45, 7) is 5.63. The summed E-state index contributed by atoms with van der Waals surface area (Å²) in [7, 11) is 0. The molecule has 1 fully saturated rings. The smallest absolute Gasteiger partial charge is 0.186 e. The highest BCUT2D eigenvalue weighted by Crippen LogP contribution is 2.22. The lowest BCUT2D eigenvalue weighted by Gasteiger charge is -2.15. The fourth-order valence-corrected chi connectivity index (χ4v) is 1.35. The molecular weight excluding hydrogens is 200 g/mol. The monoisotopic (exact) mass is 218 g/mol. The molecule has 0 saturated carbocycles. The maximum absolute atomic E-state index is 9.49. The van der Waals surface area contributed by atoms with Gasteiger partial charge in [0.15, 0.2) is 6.29 Å². The fraction of sp³-hybridized carbons (Fsp3) is 0.800. The number of aliphatic hydroxyl groups excluding tert-OH is 3. The van der Waals surface area contributed by atoms with Crippen LogP contribution in [0.4, 0.5) is 0 Å². The van der Waals surface area contributed by atoms with Gasteiger partial charge in [0.25, 0.3) is 0 Å². The van der Waals surface area contributed by atoms with Crippen molar-refractivity contribution < 1.29 is 24.8 Å². The van der Waals surface area contributed by atoms with E-state index in [0.717, 1.165) is 5.57 Å². The molecule has 15 heavy (non-hydrogen) atoms. The second-order valence-corrected chi connectivity index (χ2v) is 3.78. The molecule has 4 atom stereocenters. The molecule has 0 aromatic carbocycles. The summed E-state index contributed by atoms with van der Waals surface area (Å²) < 4.78 is 10.3. The maximum atomic E-state index is 9.49. The van der Waals surface area contributed by atoms with Crippen LogP contribution >= 0.6 is 0 Å². The zero-order chi connectivity index (χ0) is 11.4. The van der Waals surface area contributed by atoms with Gasteiger partial charge in [0.05, 0.1) is 13.2 Å². The SMILES string of the molecule is C=C(C)CCOC1O[C@H](CO)[C@@H](O)[C@H]1O. The van der Waals surface area contributed by atoms with Crippen molar-refractivity contribution in [3.05, 3.63) is 12.2 Å². The highest BCUT2D eigenvalue weighted by molar-refractivity contribution is 4.89. The van der Waals surface area contributed by atoms with Crippen LogP contribution in [0.2, 0.25) is 0 Å². The Morgan fingerprint density at radius 1 is 1.40 bits per heavy atom. The zero-order valence-electron chi connectivity index (χ0n) is 8.80. The number of hydrogen-bond donors (Lipinski definition) is 3. The van der Waals surface area contributed by atoms with E-state index < -0.39 is 24.6 Å². The predicted molar refractivity (Wildman–Crippen MR) is 53.1 cm³/mol. The summed E-state index contributed by atoms with van der Waals surface area (Å²) in [6, 6.07) is 0. The molecule has 1 aliphatic heterocycles. The molecule has 1 saturated heterocycles. The molecule has 1 unspecified atom stereocenters. The summed E-state index contributed by atoms with van der Waals surface area (Å²) >= 11 is 0. The van der Waals surface area contributed by atoms with Crippen LogP contribution < -0.4 is 0 Å². The van der Waals surface area contributed by atoms with E-state index in [4.69, 9.17) is 14.6 Å². The molecule has 0 aromatic rings. The summed E-state index contributed by atoms with van der Waals surface area (Å²) in [5, 5.41) is 27.7. The van der Waals surface area contributed by atoms with Gasteiger partial charge in [0, 0.05) is 0 Å². The van der Waals surface area contributed by atoms with E-state index in [1.54, 1.807) is 0 Å². The van der Waals surface area contributed by atoms with Gasteiger partial charge in [0.1, 0.15) is 18.3 Å². The normalized spacial score (nSPS) is 35.7. The highest BCUT2D eigenvalue weighted by Gasteiger charge is 2.42. The lowest BCUT2D eigenvalue weighted by molar-refractivity contribution is -0.168. The molecule has 0 aromatic heterocycles. The highest BCUT2D eigenvalue weighted by atomic mass is 16.7. The first-order valence-corrected chi connectivity index (χ1v) is 4.94. The Balaban J connectivity index is 2.34. The number of hydrogen-bond acceptors (Lipinski definition) is 5. The minimum absolute atomic E-state index is 0.335. The van der Waals surface area contributed by atoms with Crippen molar-refractivity contribution in [3.63, 3.8) is 0 Å². The van der Waals surface area contributed by atoms with Crippen molar-refractivity contribution in [3.8, 4) is 0 Å². The Hall–Kier alpha value is -0.460. The summed E-state index contributed by atoms with van der Waals surface area (Å²) in [5.41, 5.74) is 0.974. The minimum atomic E-state index is -1.10. The van der Waals surface area contributed by atoms with Crippen LogP contribution in [-0.2, 0) is 9.47 Å². The minimum Gasteiger partial charge on any atom is -0.394 e. The van der Waals surface area contributed by atoms with Gasteiger partial charge in [-0.05, 0) is 13.3 Å². The average molecular weight is 218 g/mol. The van der Waals surface area contributed by atoms with Crippen LogP contribution in [0.25, 0.3) is 0 Å². The van der Waals surface area contributed by atoms with Crippen molar-refractivity contribution in [1.29, 1.82) is 0 Å². The Labute approximate surface area is 88.9 Å². The third kappa shape index (κ3) is 3.25. The second-order valence-electron chi connectivity index (χ2n) is 3.78. The first-order valence-electron chi connectivity index (χ1n) is 4.94. The first kappa shape index (κ1) is 12.6. The van der Waals surface area contributed by atoms with Gasteiger partial charge in [-0.15, -0.1) is 6.58 Å². The maximum Gasteiger partial charge on any atom is 0.186 e. The Kier molecular flexibility index (Phi) is 4.69. The predicted octanol–water partition coefficient (Wildman–Crippen LogP) is -0.592. The van der Waals surface area contributed by atoms with Gasteiger partial charge >= 0.3 is 0 Å². The zero-order valence-corrected chi connectivity index (χ0v) is 8.80. The van der Waals surface area contributed by atoms with Crippen LogP contribution in [0.1, 0.15) is 13.3 Å². The van der Waals surface area contributed by atoms with Crippen LogP contribution in [0, 0.1) is 0 Å². The topological polar surface area (TPSA) is 79.2 Å². The quantitative estimate of drug-likeness (QED) is 0.537. The van der Waals surface area contributed by atoms with E-state index >= 15 is 0 Å². The van der Waals surface area contributed by atoms with Crippen molar-refractivity contribution in [2.75, 3.05) is 13.2 Å². The van der Waals surface area contributed by atoms with E-state index in [2.05, 4.69) is 6.58 Å². The largest absolute Gasteiger partial charge is 0.394 e. The molecule has 5 nitrogen and oxygen atoms in total. The standard InChI is InChI=1S/C10H18O5/c1-6(2)3-4-14-10-9(13)8(12)7(5-11)15-10/h7-13H,1,3-5H2,2H3/t7-,8-,9-,10?/m1/s1. The molecule has 0 amide bonds. The van der Waals surface area contributed by atoms with Crippen LogP contribution in [0.5, 0.6) is 0 Å². The van der Waals surface area contributed by atoms with E-state index in [0.29, 0.717) is 13.0 Å². The molecule has 5 heteroatoms. The lowest BCUT2D eigenvalue weighted by atomic mass is 10.1.